The zero-order chi connectivity index (χ0) is 15.5. The minimum Gasteiger partial charge on any atom is -0.396 e. The molecule has 6 heteroatoms. The fourth-order valence-electron chi connectivity index (χ4n) is 2.81. The molecule has 2 aromatic rings. The van der Waals surface area contributed by atoms with Crippen molar-refractivity contribution < 1.29 is 9.90 Å². The lowest BCUT2D eigenvalue weighted by Crippen LogP contribution is -2.39. The zero-order valence-electron chi connectivity index (χ0n) is 12.1. The molecule has 116 valence electrons. The number of likely N-dealkylation sites (tertiary alicyclic amines) is 1. The molecule has 1 aliphatic heterocycles. The van der Waals surface area contributed by atoms with Gasteiger partial charge in [0.15, 0.2) is 0 Å². The maximum Gasteiger partial charge on any atom is 0.257 e. The Morgan fingerprint density at radius 2 is 2.09 bits per heavy atom. The summed E-state index contributed by atoms with van der Waals surface area (Å²) in [5, 5.41) is 16.7. The molecular formula is C16H18ClN3O2. The maximum absolute atomic E-state index is 12.7. The zero-order valence-corrected chi connectivity index (χ0v) is 12.9. The molecular weight excluding hydrogens is 302 g/mol. The summed E-state index contributed by atoms with van der Waals surface area (Å²) in [5.41, 5.74) is 1.96. The van der Waals surface area contributed by atoms with Gasteiger partial charge in [0, 0.05) is 30.3 Å². The van der Waals surface area contributed by atoms with E-state index in [1.54, 1.807) is 12.3 Å². The molecule has 22 heavy (non-hydrogen) atoms. The molecule has 0 saturated carbocycles. The number of nitrogens with zero attached hydrogens (tertiary/aromatic N) is 2. The van der Waals surface area contributed by atoms with Crippen LogP contribution in [0, 0.1) is 5.92 Å². The Hall–Kier alpha value is -1.85. The van der Waals surface area contributed by atoms with E-state index >= 15 is 0 Å². The monoisotopic (exact) mass is 319 g/mol. The number of piperidine rings is 1. The minimum absolute atomic E-state index is 0.0416. The predicted molar refractivity (Wildman–Crippen MR) is 84.7 cm³/mol. The van der Waals surface area contributed by atoms with Crippen molar-refractivity contribution in [2.45, 2.75) is 12.8 Å². The van der Waals surface area contributed by atoms with Crippen LogP contribution in [-0.2, 0) is 0 Å². The van der Waals surface area contributed by atoms with Gasteiger partial charge in [-0.3, -0.25) is 9.89 Å². The Labute approximate surface area is 133 Å². The van der Waals surface area contributed by atoms with Crippen LogP contribution in [0.5, 0.6) is 0 Å². The Kier molecular flexibility index (Phi) is 4.45. The van der Waals surface area contributed by atoms with Crippen molar-refractivity contribution in [2.75, 3.05) is 19.7 Å². The quantitative estimate of drug-likeness (QED) is 0.913. The van der Waals surface area contributed by atoms with Gasteiger partial charge in [0.2, 0.25) is 0 Å². The summed E-state index contributed by atoms with van der Waals surface area (Å²) in [4.78, 5) is 14.5. The van der Waals surface area contributed by atoms with E-state index in [1.807, 2.05) is 23.1 Å². The van der Waals surface area contributed by atoms with Crippen LogP contribution in [0.2, 0.25) is 5.02 Å². The molecule has 1 amide bonds. The Bertz CT molecular complexity index is 663. The van der Waals surface area contributed by atoms with E-state index in [2.05, 4.69) is 10.2 Å². The van der Waals surface area contributed by atoms with Crippen LogP contribution in [0.4, 0.5) is 0 Å². The highest BCUT2D eigenvalue weighted by molar-refractivity contribution is 6.33. The molecule has 1 aromatic carbocycles. The number of aliphatic hydroxyl groups excluding tert-OH is 1. The first-order valence-corrected chi connectivity index (χ1v) is 7.77. The molecule has 0 atom stereocenters. The number of rotatable bonds is 3. The second kappa shape index (κ2) is 6.50. The molecule has 1 aromatic heterocycles. The highest BCUT2D eigenvalue weighted by atomic mass is 35.5. The van der Waals surface area contributed by atoms with Gasteiger partial charge >= 0.3 is 0 Å². The van der Waals surface area contributed by atoms with Crippen LogP contribution in [0.25, 0.3) is 11.3 Å². The highest BCUT2D eigenvalue weighted by Crippen LogP contribution is 2.29. The molecule has 1 fully saturated rings. The predicted octanol–water partition coefficient (Wildman–Crippen LogP) is 2.57. The van der Waals surface area contributed by atoms with Gasteiger partial charge in [0.25, 0.3) is 5.91 Å². The van der Waals surface area contributed by atoms with Crippen molar-refractivity contribution in [3.05, 3.63) is 41.0 Å². The summed E-state index contributed by atoms with van der Waals surface area (Å²) in [5.74, 6) is 0.261. The highest BCUT2D eigenvalue weighted by Gasteiger charge is 2.26. The molecule has 0 spiro atoms. The fraction of sp³-hybridized carbons (Fsp3) is 0.375. The van der Waals surface area contributed by atoms with E-state index in [9.17, 15) is 9.90 Å². The van der Waals surface area contributed by atoms with Crippen molar-refractivity contribution in [1.29, 1.82) is 0 Å². The smallest absolute Gasteiger partial charge is 0.257 e. The first-order chi connectivity index (χ1) is 10.7. The molecule has 0 bridgehead atoms. The number of aromatic amines is 1. The molecule has 1 saturated heterocycles. The maximum atomic E-state index is 12.7. The molecule has 3 rings (SSSR count). The van der Waals surface area contributed by atoms with Crippen LogP contribution in [-0.4, -0.2) is 45.8 Å². The third-order valence-corrected chi connectivity index (χ3v) is 4.50. The number of halogens is 1. The molecule has 2 heterocycles. The lowest BCUT2D eigenvalue weighted by atomic mass is 9.97. The van der Waals surface area contributed by atoms with Gasteiger partial charge in [-0.05, 0) is 24.8 Å². The van der Waals surface area contributed by atoms with Crippen molar-refractivity contribution in [2.24, 2.45) is 5.92 Å². The number of hydrogen-bond acceptors (Lipinski definition) is 3. The molecule has 5 nitrogen and oxygen atoms in total. The van der Waals surface area contributed by atoms with Crippen molar-refractivity contribution >= 4 is 17.5 Å². The van der Waals surface area contributed by atoms with E-state index in [-0.39, 0.29) is 12.5 Å². The van der Waals surface area contributed by atoms with Gasteiger partial charge in [-0.15, -0.1) is 0 Å². The number of aromatic nitrogens is 2. The number of carbonyl (C=O) groups is 1. The fourth-order valence-corrected chi connectivity index (χ4v) is 3.04. The molecule has 0 radical (unpaired) electrons. The first-order valence-electron chi connectivity index (χ1n) is 7.39. The minimum atomic E-state index is -0.0416. The summed E-state index contributed by atoms with van der Waals surface area (Å²) in [7, 11) is 0. The van der Waals surface area contributed by atoms with E-state index in [0.29, 0.717) is 35.3 Å². The molecule has 2 N–H and O–H groups in total. The van der Waals surface area contributed by atoms with Gasteiger partial charge in [-0.1, -0.05) is 29.8 Å². The standard InChI is InChI=1S/C16H18ClN3O2/c17-14-4-2-1-3-12(14)15-13(9-18-19-15)16(22)20-7-5-11(10-21)6-8-20/h1-4,9,11,21H,5-8,10H2,(H,18,19). The van der Waals surface area contributed by atoms with E-state index in [1.165, 1.54) is 0 Å². The second-order valence-corrected chi connectivity index (χ2v) is 5.96. The Morgan fingerprint density at radius 3 is 2.77 bits per heavy atom. The number of carbonyl (C=O) groups excluding carboxylic acids is 1. The summed E-state index contributed by atoms with van der Waals surface area (Å²) < 4.78 is 0. The average Bonchev–Trinajstić information content (AvgIpc) is 3.04. The van der Waals surface area contributed by atoms with Gasteiger partial charge in [-0.2, -0.15) is 5.10 Å². The topological polar surface area (TPSA) is 69.2 Å². The summed E-state index contributed by atoms with van der Waals surface area (Å²) in [6, 6.07) is 7.38. The van der Waals surface area contributed by atoms with E-state index in [4.69, 9.17) is 11.6 Å². The van der Waals surface area contributed by atoms with E-state index in [0.717, 1.165) is 18.4 Å². The third-order valence-electron chi connectivity index (χ3n) is 4.17. The Balaban J connectivity index is 1.83. The number of aliphatic hydroxyl groups is 1. The number of H-pyrrole nitrogens is 1. The third kappa shape index (κ3) is 2.87. The molecule has 0 aliphatic carbocycles. The van der Waals surface area contributed by atoms with Crippen LogP contribution < -0.4 is 0 Å². The summed E-state index contributed by atoms with van der Waals surface area (Å²) in [6.07, 6.45) is 3.22. The summed E-state index contributed by atoms with van der Waals surface area (Å²) >= 11 is 6.22. The normalized spacial score (nSPS) is 16.0. The number of amides is 1. The van der Waals surface area contributed by atoms with Crippen molar-refractivity contribution in [3.63, 3.8) is 0 Å². The van der Waals surface area contributed by atoms with Crippen molar-refractivity contribution in [3.8, 4) is 11.3 Å². The van der Waals surface area contributed by atoms with Crippen molar-refractivity contribution in [1.82, 2.24) is 15.1 Å². The van der Waals surface area contributed by atoms with E-state index < -0.39 is 0 Å². The van der Waals surface area contributed by atoms with Gasteiger partial charge < -0.3 is 10.0 Å². The second-order valence-electron chi connectivity index (χ2n) is 5.56. The SMILES string of the molecule is O=C(c1cn[nH]c1-c1ccccc1Cl)N1CCC(CO)CC1. The lowest BCUT2D eigenvalue weighted by molar-refractivity contribution is 0.0651. The summed E-state index contributed by atoms with van der Waals surface area (Å²) in [6.45, 7) is 1.52. The van der Waals surface area contributed by atoms with Crippen LogP contribution in [0.3, 0.4) is 0 Å². The number of nitrogens with one attached hydrogen (secondary N) is 1. The van der Waals surface area contributed by atoms with Gasteiger partial charge in [0.1, 0.15) is 0 Å². The molecule has 1 aliphatic rings. The lowest BCUT2D eigenvalue weighted by Gasteiger charge is -2.31. The van der Waals surface area contributed by atoms with Crippen LogP contribution >= 0.6 is 11.6 Å². The Morgan fingerprint density at radius 1 is 1.36 bits per heavy atom. The van der Waals surface area contributed by atoms with Gasteiger partial charge in [-0.25, -0.2) is 0 Å². The number of hydrogen-bond donors (Lipinski definition) is 2. The van der Waals surface area contributed by atoms with Crippen LogP contribution in [0.15, 0.2) is 30.5 Å². The molecule has 0 unspecified atom stereocenters. The largest absolute Gasteiger partial charge is 0.396 e. The first kappa shape index (κ1) is 15.1. The average molecular weight is 320 g/mol. The van der Waals surface area contributed by atoms with Crippen LogP contribution in [0.1, 0.15) is 23.2 Å². The van der Waals surface area contributed by atoms with Gasteiger partial charge in [0.05, 0.1) is 17.5 Å². The number of benzene rings is 1.